The molecule has 3 unspecified atom stereocenters. The normalized spacial score (nSPS) is 27.2. The van der Waals surface area contributed by atoms with Crippen LogP contribution in [-0.4, -0.2) is 18.8 Å². The first-order valence-corrected chi connectivity index (χ1v) is 7.28. The molecule has 1 nitrogen and oxygen atoms in total. The quantitative estimate of drug-likeness (QED) is 0.744. The van der Waals surface area contributed by atoms with Crippen molar-refractivity contribution in [1.82, 2.24) is 5.32 Å². The van der Waals surface area contributed by atoms with E-state index in [0.717, 1.165) is 19.4 Å². The van der Waals surface area contributed by atoms with E-state index in [1.165, 1.54) is 19.3 Å². The molecule has 1 N–H and O–H groups in total. The van der Waals surface area contributed by atoms with Crippen molar-refractivity contribution >= 4 is 0 Å². The van der Waals surface area contributed by atoms with E-state index in [0.29, 0.717) is 11.8 Å². The standard InChI is InChI=1S/C14H26F3N/c1-3-11-7-5-6-8-12(11)13(18-4-2)9-10-14(15,16)17/h11-13,18H,3-10H2,1-2H3. The van der Waals surface area contributed by atoms with E-state index >= 15 is 0 Å². The van der Waals surface area contributed by atoms with Crippen LogP contribution in [0.5, 0.6) is 0 Å². The molecule has 0 aromatic rings. The summed E-state index contributed by atoms with van der Waals surface area (Å²) in [6.45, 7) is 4.90. The second-order valence-electron chi connectivity index (χ2n) is 5.43. The fraction of sp³-hybridized carbons (Fsp3) is 1.00. The average Bonchev–Trinajstić information content (AvgIpc) is 2.33. The number of halogens is 3. The maximum atomic E-state index is 12.4. The van der Waals surface area contributed by atoms with Gasteiger partial charge in [0.25, 0.3) is 0 Å². The molecular formula is C14H26F3N. The lowest BCUT2D eigenvalue weighted by atomic mass is 9.73. The minimum Gasteiger partial charge on any atom is -0.314 e. The number of alkyl halides is 3. The van der Waals surface area contributed by atoms with Crippen molar-refractivity contribution in [3.63, 3.8) is 0 Å². The van der Waals surface area contributed by atoms with E-state index in [1.54, 1.807) is 0 Å². The van der Waals surface area contributed by atoms with Gasteiger partial charge in [-0.15, -0.1) is 0 Å². The Hall–Kier alpha value is -0.250. The molecule has 0 heterocycles. The molecule has 1 fully saturated rings. The van der Waals surface area contributed by atoms with Gasteiger partial charge >= 0.3 is 6.18 Å². The third kappa shape index (κ3) is 5.17. The van der Waals surface area contributed by atoms with Gasteiger partial charge in [-0.05, 0) is 31.2 Å². The van der Waals surface area contributed by atoms with Crippen molar-refractivity contribution in [3.8, 4) is 0 Å². The topological polar surface area (TPSA) is 12.0 Å². The Morgan fingerprint density at radius 1 is 1.17 bits per heavy atom. The van der Waals surface area contributed by atoms with Crippen molar-refractivity contribution in [2.45, 2.75) is 71.0 Å². The van der Waals surface area contributed by atoms with E-state index in [-0.39, 0.29) is 12.5 Å². The maximum Gasteiger partial charge on any atom is 0.389 e. The molecular weight excluding hydrogens is 239 g/mol. The zero-order chi connectivity index (χ0) is 13.6. The molecule has 0 aromatic carbocycles. The van der Waals surface area contributed by atoms with Crippen LogP contribution in [0.1, 0.15) is 58.8 Å². The minimum atomic E-state index is -4.02. The fourth-order valence-corrected chi connectivity index (χ4v) is 3.32. The molecule has 0 aromatic heterocycles. The summed E-state index contributed by atoms with van der Waals surface area (Å²) in [4.78, 5) is 0. The van der Waals surface area contributed by atoms with Gasteiger partial charge in [0.2, 0.25) is 0 Å². The summed E-state index contributed by atoms with van der Waals surface area (Å²) >= 11 is 0. The molecule has 1 aliphatic rings. The van der Waals surface area contributed by atoms with E-state index < -0.39 is 12.6 Å². The highest BCUT2D eigenvalue weighted by molar-refractivity contribution is 4.85. The Morgan fingerprint density at radius 2 is 1.83 bits per heavy atom. The van der Waals surface area contributed by atoms with Gasteiger partial charge in [-0.1, -0.05) is 39.5 Å². The van der Waals surface area contributed by atoms with Crippen LogP contribution in [0.15, 0.2) is 0 Å². The Kier molecular flexibility index (Phi) is 6.47. The van der Waals surface area contributed by atoms with Crippen LogP contribution in [0.25, 0.3) is 0 Å². The number of nitrogens with one attached hydrogen (secondary N) is 1. The van der Waals surface area contributed by atoms with Crippen LogP contribution in [0.4, 0.5) is 13.2 Å². The summed E-state index contributed by atoms with van der Waals surface area (Å²) in [5.41, 5.74) is 0. The van der Waals surface area contributed by atoms with Gasteiger partial charge in [0.1, 0.15) is 0 Å². The predicted molar refractivity (Wildman–Crippen MR) is 68.5 cm³/mol. The molecule has 0 spiro atoms. The predicted octanol–water partition coefficient (Wildman–Crippen LogP) is 4.52. The lowest BCUT2D eigenvalue weighted by Gasteiger charge is -2.37. The molecule has 18 heavy (non-hydrogen) atoms. The van der Waals surface area contributed by atoms with Crippen LogP contribution in [-0.2, 0) is 0 Å². The van der Waals surface area contributed by atoms with Gasteiger partial charge in [-0.3, -0.25) is 0 Å². The first-order valence-electron chi connectivity index (χ1n) is 7.28. The summed E-state index contributed by atoms with van der Waals surface area (Å²) < 4.78 is 37.1. The third-order valence-electron chi connectivity index (χ3n) is 4.21. The number of hydrogen-bond acceptors (Lipinski definition) is 1. The molecule has 0 radical (unpaired) electrons. The summed E-state index contributed by atoms with van der Waals surface area (Å²) in [6.07, 6.45) is 1.35. The lowest BCUT2D eigenvalue weighted by molar-refractivity contribution is -0.137. The zero-order valence-corrected chi connectivity index (χ0v) is 11.5. The monoisotopic (exact) mass is 265 g/mol. The molecule has 0 bridgehead atoms. The highest BCUT2D eigenvalue weighted by atomic mass is 19.4. The Labute approximate surface area is 109 Å². The molecule has 1 saturated carbocycles. The van der Waals surface area contributed by atoms with Crippen molar-refractivity contribution in [1.29, 1.82) is 0 Å². The SMILES string of the molecule is CCNC(CCC(F)(F)F)C1CCCCC1CC. The largest absolute Gasteiger partial charge is 0.389 e. The van der Waals surface area contributed by atoms with E-state index in [4.69, 9.17) is 0 Å². The average molecular weight is 265 g/mol. The van der Waals surface area contributed by atoms with Crippen molar-refractivity contribution < 1.29 is 13.2 Å². The van der Waals surface area contributed by atoms with E-state index in [2.05, 4.69) is 12.2 Å². The second-order valence-corrected chi connectivity index (χ2v) is 5.43. The van der Waals surface area contributed by atoms with Crippen molar-refractivity contribution in [2.24, 2.45) is 11.8 Å². The molecule has 0 aliphatic heterocycles. The Bertz CT molecular complexity index is 228. The minimum absolute atomic E-state index is 0.0434. The molecule has 0 amide bonds. The van der Waals surface area contributed by atoms with Gasteiger partial charge in [0.05, 0.1) is 0 Å². The van der Waals surface area contributed by atoms with Crippen LogP contribution >= 0.6 is 0 Å². The smallest absolute Gasteiger partial charge is 0.314 e. The van der Waals surface area contributed by atoms with E-state index in [1.807, 2.05) is 6.92 Å². The first-order chi connectivity index (χ1) is 8.48. The van der Waals surface area contributed by atoms with Crippen LogP contribution in [0.2, 0.25) is 0 Å². The van der Waals surface area contributed by atoms with Gasteiger partial charge in [-0.2, -0.15) is 13.2 Å². The van der Waals surface area contributed by atoms with Crippen LogP contribution in [0.3, 0.4) is 0 Å². The molecule has 3 atom stereocenters. The number of rotatable bonds is 6. The summed E-state index contributed by atoms with van der Waals surface area (Å²) in [5, 5.41) is 3.29. The third-order valence-corrected chi connectivity index (χ3v) is 4.21. The highest BCUT2D eigenvalue weighted by Gasteiger charge is 2.34. The molecule has 0 saturated heterocycles. The van der Waals surface area contributed by atoms with E-state index in [9.17, 15) is 13.2 Å². The number of hydrogen-bond donors (Lipinski definition) is 1. The van der Waals surface area contributed by atoms with Crippen LogP contribution in [0, 0.1) is 11.8 Å². The van der Waals surface area contributed by atoms with Gasteiger partial charge < -0.3 is 5.32 Å². The Balaban J connectivity index is 2.57. The molecule has 1 aliphatic carbocycles. The zero-order valence-electron chi connectivity index (χ0n) is 11.5. The summed E-state index contributed by atoms with van der Waals surface area (Å²) in [5.74, 6) is 1.04. The molecule has 108 valence electrons. The summed E-state index contributed by atoms with van der Waals surface area (Å²) in [6, 6.07) is 0.0434. The maximum absolute atomic E-state index is 12.4. The fourth-order valence-electron chi connectivity index (χ4n) is 3.32. The van der Waals surface area contributed by atoms with Crippen molar-refractivity contribution in [3.05, 3.63) is 0 Å². The lowest BCUT2D eigenvalue weighted by Crippen LogP contribution is -2.41. The first kappa shape index (κ1) is 15.8. The summed E-state index contributed by atoms with van der Waals surface area (Å²) in [7, 11) is 0. The van der Waals surface area contributed by atoms with Gasteiger partial charge in [0, 0.05) is 12.5 Å². The van der Waals surface area contributed by atoms with Gasteiger partial charge in [-0.25, -0.2) is 0 Å². The highest BCUT2D eigenvalue weighted by Crippen LogP contribution is 2.36. The molecule has 1 rings (SSSR count). The van der Waals surface area contributed by atoms with Gasteiger partial charge in [0.15, 0.2) is 0 Å². The molecule has 4 heteroatoms. The second kappa shape index (κ2) is 7.37. The van der Waals surface area contributed by atoms with Crippen molar-refractivity contribution in [2.75, 3.05) is 6.54 Å². The van der Waals surface area contributed by atoms with Crippen LogP contribution < -0.4 is 5.32 Å². The Morgan fingerprint density at radius 3 is 2.39 bits per heavy atom.